The van der Waals surface area contributed by atoms with Crippen LogP contribution in [0.2, 0.25) is 0 Å². The first-order valence-corrected chi connectivity index (χ1v) is 12.2. The number of hydrogen-bond acceptors (Lipinski definition) is 7. The smallest absolute Gasteiger partial charge is 0.183 e. The van der Waals surface area contributed by atoms with Crippen molar-refractivity contribution in [2.75, 3.05) is 28.9 Å². The third kappa shape index (κ3) is 3.35. The zero-order chi connectivity index (χ0) is 20.0. The van der Waals surface area contributed by atoms with Gasteiger partial charge in [0.05, 0.1) is 39.5 Å². The normalized spacial score (nSPS) is 19.0. The van der Waals surface area contributed by atoms with E-state index in [0.29, 0.717) is 17.8 Å². The van der Waals surface area contributed by atoms with Gasteiger partial charge < -0.3 is 15.4 Å². The van der Waals surface area contributed by atoms with Crippen molar-refractivity contribution in [3.63, 3.8) is 0 Å². The van der Waals surface area contributed by atoms with E-state index in [1.54, 1.807) is 30.1 Å². The third-order valence-electron chi connectivity index (χ3n) is 5.39. The second-order valence-corrected chi connectivity index (χ2v) is 10.3. The van der Waals surface area contributed by atoms with Crippen LogP contribution < -0.4 is 10.6 Å². The second-order valence-electron chi connectivity index (χ2n) is 7.33. The first-order valence-electron chi connectivity index (χ1n) is 9.55. The van der Waals surface area contributed by atoms with Crippen LogP contribution in [0.3, 0.4) is 0 Å². The van der Waals surface area contributed by atoms with E-state index in [1.807, 2.05) is 30.3 Å². The van der Waals surface area contributed by atoms with Gasteiger partial charge in [0.25, 0.3) is 0 Å². The lowest BCUT2D eigenvalue weighted by atomic mass is 10.1. The highest BCUT2D eigenvalue weighted by molar-refractivity contribution is 7.99. The van der Waals surface area contributed by atoms with E-state index in [-0.39, 0.29) is 16.8 Å². The van der Waals surface area contributed by atoms with Crippen LogP contribution in [-0.4, -0.2) is 37.7 Å². The standard InChI is InChI=1S/C21H21N3O3S2/c22-14-6-7-19-18(11-14)24(13-28-19)17-8-9-23-21-16(17)4-1-5-20(21)29(25,26)12-15-3-2-10-27-15/h1,4-9,11,15H,2-3,10,12-13,22H2. The summed E-state index contributed by atoms with van der Waals surface area (Å²) in [4.78, 5) is 8.04. The number of rotatable bonds is 4. The molecule has 1 fully saturated rings. The first-order chi connectivity index (χ1) is 14.0. The molecular formula is C21H21N3O3S2. The maximum absolute atomic E-state index is 13.1. The number of aromatic nitrogens is 1. The molecule has 1 saturated heterocycles. The lowest BCUT2D eigenvalue weighted by Crippen LogP contribution is -2.20. The number of nitrogens with two attached hydrogens (primary N) is 1. The molecule has 6 nitrogen and oxygen atoms in total. The van der Waals surface area contributed by atoms with Gasteiger partial charge >= 0.3 is 0 Å². The average Bonchev–Trinajstić information content (AvgIpc) is 3.36. The van der Waals surface area contributed by atoms with Gasteiger partial charge in [0.1, 0.15) is 0 Å². The molecule has 0 bridgehead atoms. The number of nitrogen functional groups attached to an aromatic ring is 1. The summed E-state index contributed by atoms with van der Waals surface area (Å²) >= 11 is 1.73. The Labute approximate surface area is 174 Å². The highest BCUT2D eigenvalue weighted by atomic mass is 32.2. The van der Waals surface area contributed by atoms with Gasteiger partial charge in [-0.3, -0.25) is 4.98 Å². The lowest BCUT2D eigenvalue weighted by Gasteiger charge is -2.21. The molecule has 0 amide bonds. The van der Waals surface area contributed by atoms with E-state index in [0.717, 1.165) is 40.4 Å². The van der Waals surface area contributed by atoms with Crippen LogP contribution in [0, 0.1) is 0 Å². The van der Waals surface area contributed by atoms with Crippen LogP contribution in [-0.2, 0) is 14.6 Å². The predicted molar refractivity (Wildman–Crippen MR) is 116 cm³/mol. The number of thioether (sulfide) groups is 1. The first kappa shape index (κ1) is 18.7. The van der Waals surface area contributed by atoms with Crippen LogP contribution in [0.15, 0.2) is 58.5 Å². The Morgan fingerprint density at radius 3 is 2.93 bits per heavy atom. The van der Waals surface area contributed by atoms with Crippen LogP contribution in [0.4, 0.5) is 17.1 Å². The lowest BCUT2D eigenvalue weighted by molar-refractivity contribution is 0.127. The SMILES string of the molecule is Nc1ccc2c(c1)N(c1ccnc3c(S(=O)(=O)CC4CCCO4)cccc13)CS2. The summed E-state index contributed by atoms with van der Waals surface area (Å²) in [6.45, 7) is 0.632. The number of anilines is 3. The molecule has 0 saturated carbocycles. The van der Waals surface area contributed by atoms with Crippen molar-refractivity contribution >= 4 is 49.6 Å². The number of fused-ring (bicyclic) bond motifs is 2. The summed E-state index contributed by atoms with van der Waals surface area (Å²) in [6.07, 6.45) is 3.14. The van der Waals surface area contributed by atoms with Gasteiger partial charge in [0.15, 0.2) is 9.84 Å². The topological polar surface area (TPSA) is 85.5 Å². The summed E-state index contributed by atoms with van der Waals surface area (Å²) in [7, 11) is -3.51. The molecule has 2 aromatic carbocycles. The van der Waals surface area contributed by atoms with Crippen molar-refractivity contribution in [3.8, 4) is 0 Å². The van der Waals surface area contributed by atoms with Crippen LogP contribution in [0.25, 0.3) is 10.9 Å². The number of pyridine rings is 1. The minimum Gasteiger partial charge on any atom is -0.399 e. The van der Waals surface area contributed by atoms with E-state index in [2.05, 4.69) is 9.88 Å². The zero-order valence-corrected chi connectivity index (χ0v) is 17.4. The molecule has 29 heavy (non-hydrogen) atoms. The molecule has 0 aliphatic carbocycles. The molecule has 2 aliphatic heterocycles. The molecule has 3 aromatic rings. The van der Waals surface area contributed by atoms with E-state index >= 15 is 0 Å². The van der Waals surface area contributed by atoms with Crippen LogP contribution in [0.1, 0.15) is 12.8 Å². The Bertz CT molecular complexity index is 1190. The Hall–Kier alpha value is -2.29. The van der Waals surface area contributed by atoms with E-state index in [1.165, 1.54) is 0 Å². The average molecular weight is 428 g/mol. The van der Waals surface area contributed by atoms with Gasteiger partial charge in [-0.15, -0.1) is 11.8 Å². The fourth-order valence-corrected chi connectivity index (χ4v) is 6.70. The van der Waals surface area contributed by atoms with E-state index in [4.69, 9.17) is 10.5 Å². The van der Waals surface area contributed by atoms with Gasteiger partial charge in [0.2, 0.25) is 0 Å². The monoisotopic (exact) mass is 427 g/mol. The molecule has 0 spiro atoms. The van der Waals surface area contributed by atoms with Crippen molar-refractivity contribution in [2.24, 2.45) is 0 Å². The van der Waals surface area contributed by atoms with Gasteiger partial charge in [-0.1, -0.05) is 12.1 Å². The number of ether oxygens (including phenoxy) is 1. The van der Waals surface area contributed by atoms with Gasteiger partial charge in [0, 0.05) is 28.8 Å². The van der Waals surface area contributed by atoms with Crippen molar-refractivity contribution < 1.29 is 13.2 Å². The summed E-state index contributed by atoms with van der Waals surface area (Å²) in [6, 6.07) is 13.2. The molecule has 5 rings (SSSR count). The summed E-state index contributed by atoms with van der Waals surface area (Å²) in [5.41, 5.74) is 9.18. The van der Waals surface area contributed by atoms with Crippen molar-refractivity contribution in [3.05, 3.63) is 48.7 Å². The van der Waals surface area contributed by atoms with Crippen LogP contribution in [0.5, 0.6) is 0 Å². The number of para-hydroxylation sites is 1. The molecule has 1 aromatic heterocycles. The summed E-state index contributed by atoms with van der Waals surface area (Å²) in [5, 5.41) is 0.816. The van der Waals surface area contributed by atoms with E-state index in [9.17, 15) is 8.42 Å². The summed E-state index contributed by atoms with van der Waals surface area (Å²) in [5.74, 6) is 0.738. The molecule has 2 aliphatic rings. The fraction of sp³-hybridized carbons (Fsp3) is 0.286. The molecule has 3 heterocycles. The predicted octanol–water partition coefficient (Wildman–Crippen LogP) is 3.97. The molecule has 150 valence electrons. The molecule has 0 radical (unpaired) electrons. The number of sulfone groups is 1. The molecule has 8 heteroatoms. The number of nitrogens with zero attached hydrogens (tertiary/aromatic N) is 2. The molecule has 1 atom stereocenters. The van der Waals surface area contributed by atoms with Crippen molar-refractivity contribution in [1.29, 1.82) is 0 Å². The third-order valence-corrected chi connectivity index (χ3v) is 8.24. The minimum absolute atomic E-state index is 0.00302. The number of hydrogen-bond donors (Lipinski definition) is 1. The number of benzene rings is 2. The van der Waals surface area contributed by atoms with E-state index < -0.39 is 9.84 Å². The Morgan fingerprint density at radius 1 is 1.21 bits per heavy atom. The Kier molecular flexibility index (Phi) is 4.64. The van der Waals surface area contributed by atoms with Crippen molar-refractivity contribution in [1.82, 2.24) is 4.98 Å². The second kappa shape index (κ2) is 7.19. The quantitative estimate of drug-likeness (QED) is 0.631. The molecule has 2 N–H and O–H groups in total. The maximum atomic E-state index is 13.1. The van der Waals surface area contributed by atoms with Gasteiger partial charge in [-0.05, 0) is 43.2 Å². The maximum Gasteiger partial charge on any atom is 0.183 e. The fourth-order valence-electron chi connectivity index (χ4n) is 4.00. The zero-order valence-electron chi connectivity index (χ0n) is 15.7. The van der Waals surface area contributed by atoms with Crippen molar-refractivity contribution in [2.45, 2.75) is 28.7 Å². The largest absolute Gasteiger partial charge is 0.399 e. The highest BCUT2D eigenvalue weighted by Crippen LogP contribution is 2.45. The van der Waals surface area contributed by atoms with Crippen LogP contribution >= 0.6 is 11.8 Å². The highest BCUT2D eigenvalue weighted by Gasteiger charge is 2.28. The minimum atomic E-state index is -3.51. The van der Waals surface area contributed by atoms with Gasteiger partial charge in [-0.2, -0.15) is 0 Å². The Morgan fingerprint density at radius 2 is 2.10 bits per heavy atom. The molecular weight excluding hydrogens is 406 g/mol. The van der Waals surface area contributed by atoms with Gasteiger partial charge in [-0.25, -0.2) is 8.42 Å². The molecule has 1 unspecified atom stereocenters. The summed E-state index contributed by atoms with van der Waals surface area (Å²) < 4.78 is 31.8. The Balaban J connectivity index is 1.60.